The van der Waals surface area contributed by atoms with E-state index in [4.69, 9.17) is 5.84 Å². The van der Waals surface area contributed by atoms with Gasteiger partial charge in [-0.1, -0.05) is 0 Å². The lowest BCUT2D eigenvalue weighted by Crippen LogP contribution is -2.28. The first-order valence-corrected chi connectivity index (χ1v) is 7.21. The maximum atomic E-state index is 12.0. The van der Waals surface area contributed by atoms with Crippen molar-refractivity contribution in [3.05, 3.63) is 19.2 Å². The van der Waals surface area contributed by atoms with Gasteiger partial charge in [0.25, 0.3) is 0 Å². The molecule has 2 nitrogen and oxygen atoms in total. The number of hydrazine groups is 1. The minimum atomic E-state index is -4.11. The van der Waals surface area contributed by atoms with Crippen LogP contribution in [-0.2, 0) is 0 Å². The molecule has 0 radical (unpaired) electrons. The highest BCUT2D eigenvalue weighted by Crippen LogP contribution is 2.37. The maximum absolute atomic E-state index is 12.0. The third kappa shape index (κ3) is 5.25. The summed E-state index contributed by atoms with van der Waals surface area (Å²) in [6.45, 7) is 0. The van der Waals surface area contributed by atoms with Gasteiger partial charge >= 0.3 is 6.18 Å². The lowest BCUT2D eigenvalue weighted by atomic mass is 10.0. The van der Waals surface area contributed by atoms with E-state index in [1.807, 2.05) is 6.07 Å². The number of thiophene rings is 1. The molecule has 0 saturated carbocycles. The molecule has 0 aliphatic heterocycles. The minimum absolute atomic E-state index is 0.0538. The zero-order valence-corrected chi connectivity index (χ0v) is 12.6. The zero-order chi connectivity index (χ0) is 13.1. The molecule has 0 aliphatic carbocycles. The van der Waals surface area contributed by atoms with Crippen molar-refractivity contribution < 1.29 is 13.2 Å². The number of halogens is 5. The van der Waals surface area contributed by atoms with Gasteiger partial charge in [-0.15, -0.1) is 11.3 Å². The second-order valence-electron chi connectivity index (χ2n) is 3.51. The molecule has 1 heterocycles. The maximum Gasteiger partial charge on any atom is 0.389 e. The molecular weight excluding hydrogens is 385 g/mol. The van der Waals surface area contributed by atoms with Gasteiger partial charge in [0.15, 0.2) is 0 Å². The Morgan fingerprint density at radius 1 is 1.41 bits per heavy atom. The fourth-order valence-corrected chi connectivity index (χ4v) is 4.40. The molecule has 0 fully saturated rings. The first-order chi connectivity index (χ1) is 7.83. The molecule has 0 amide bonds. The average molecular weight is 396 g/mol. The molecule has 98 valence electrons. The monoisotopic (exact) mass is 394 g/mol. The molecule has 0 saturated heterocycles. The van der Waals surface area contributed by atoms with Crippen LogP contribution in [0.5, 0.6) is 0 Å². The third-order valence-corrected chi connectivity index (χ3v) is 4.60. The Labute approximate surface area is 118 Å². The summed E-state index contributed by atoms with van der Waals surface area (Å²) in [5.74, 6) is 5.37. The summed E-state index contributed by atoms with van der Waals surface area (Å²) in [4.78, 5) is 0. The van der Waals surface area contributed by atoms with Crippen molar-refractivity contribution in [3.8, 4) is 0 Å². The van der Waals surface area contributed by atoms with Gasteiger partial charge in [-0.2, -0.15) is 13.2 Å². The average Bonchev–Trinajstić information content (AvgIpc) is 2.51. The normalized spacial score (nSPS) is 14.0. The number of hydrogen-bond donors (Lipinski definition) is 2. The summed E-state index contributed by atoms with van der Waals surface area (Å²) in [6.07, 6.45) is -4.49. The summed E-state index contributed by atoms with van der Waals surface area (Å²) < 4.78 is 37.9. The van der Waals surface area contributed by atoms with E-state index in [0.717, 1.165) is 13.1 Å². The van der Waals surface area contributed by atoms with Crippen molar-refractivity contribution >= 4 is 43.2 Å². The van der Waals surface area contributed by atoms with E-state index >= 15 is 0 Å². The Kier molecular flexibility index (Phi) is 5.91. The van der Waals surface area contributed by atoms with Crippen LogP contribution in [0.3, 0.4) is 0 Å². The molecule has 3 N–H and O–H groups in total. The van der Waals surface area contributed by atoms with Crippen LogP contribution in [0.25, 0.3) is 0 Å². The summed E-state index contributed by atoms with van der Waals surface area (Å²) in [5.41, 5.74) is 3.43. The summed E-state index contributed by atoms with van der Waals surface area (Å²) in [6, 6.07) is 1.58. The Bertz CT molecular complexity index is 368. The van der Waals surface area contributed by atoms with Crippen LogP contribution >= 0.6 is 43.2 Å². The smallest absolute Gasteiger partial charge is 0.271 e. The van der Waals surface area contributed by atoms with Crippen LogP contribution in [-0.4, -0.2) is 6.18 Å². The fourth-order valence-electron chi connectivity index (χ4n) is 1.43. The quantitative estimate of drug-likeness (QED) is 0.568. The minimum Gasteiger partial charge on any atom is -0.271 e. The molecular formula is C9H11Br2F3N2S. The zero-order valence-electron chi connectivity index (χ0n) is 8.65. The van der Waals surface area contributed by atoms with E-state index in [0.29, 0.717) is 6.42 Å². The van der Waals surface area contributed by atoms with Gasteiger partial charge in [0.2, 0.25) is 0 Å². The Balaban J connectivity index is 2.57. The standard InChI is InChI=1S/C9H11Br2F3N2S/c10-7-4-5(8(11)17-7)6(16-15)2-1-3-9(12,13)14/h4,6,16H,1-3,15H2. The van der Waals surface area contributed by atoms with Crippen LogP contribution < -0.4 is 11.3 Å². The Hall–Kier alpha value is 0.370. The molecule has 1 atom stereocenters. The van der Waals surface area contributed by atoms with E-state index in [1.54, 1.807) is 0 Å². The molecule has 0 spiro atoms. The summed E-state index contributed by atoms with van der Waals surface area (Å²) in [7, 11) is 0. The Morgan fingerprint density at radius 2 is 2.06 bits per heavy atom. The SMILES string of the molecule is NNC(CCCC(F)(F)F)c1cc(Br)sc1Br. The van der Waals surface area contributed by atoms with Gasteiger partial charge < -0.3 is 0 Å². The molecule has 8 heteroatoms. The molecule has 1 unspecified atom stereocenters. The lowest BCUT2D eigenvalue weighted by Gasteiger charge is -2.15. The molecule has 17 heavy (non-hydrogen) atoms. The highest BCUT2D eigenvalue weighted by Gasteiger charge is 2.27. The number of rotatable bonds is 5. The van der Waals surface area contributed by atoms with Crippen molar-refractivity contribution in [3.63, 3.8) is 0 Å². The van der Waals surface area contributed by atoms with Crippen LogP contribution in [0.1, 0.15) is 30.9 Å². The number of hydrogen-bond acceptors (Lipinski definition) is 3. The van der Waals surface area contributed by atoms with E-state index in [-0.39, 0.29) is 12.5 Å². The predicted octanol–water partition coefficient (Wildman–Crippen LogP) is 4.51. The summed E-state index contributed by atoms with van der Waals surface area (Å²) >= 11 is 8.15. The molecule has 0 bridgehead atoms. The second kappa shape index (κ2) is 6.51. The first-order valence-electron chi connectivity index (χ1n) is 4.81. The second-order valence-corrected chi connectivity index (χ2v) is 7.26. The largest absolute Gasteiger partial charge is 0.389 e. The summed E-state index contributed by atoms with van der Waals surface area (Å²) in [5, 5.41) is 0. The van der Waals surface area contributed by atoms with Crippen LogP contribution in [0.2, 0.25) is 0 Å². The molecule has 1 aromatic heterocycles. The van der Waals surface area contributed by atoms with Gasteiger partial charge in [-0.25, -0.2) is 0 Å². The van der Waals surface area contributed by atoms with Crippen molar-refractivity contribution in [2.75, 3.05) is 0 Å². The van der Waals surface area contributed by atoms with Gasteiger partial charge in [0.1, 0.15) is 0 Å². The lowest BCUT2D eigenvalue weighted by molar-refractivity contribution is -0.135. The van der Waals surface area contributed by atoms with Gasteiger partial charge in [-0.05, 0) is 56.3 Å². The molecule has 0 aromatic carbocycles. The number of nitrogens with two attached hydrogens (primary N) is 1. The van der Waals surface area contributed by atoms with Crippen LogP contribution in [0, 0.1) is 0 Å². The topological polar surface area (TPSA) is 38.0 Å². The van der Waals surface area contributed by atoms with Crippen molar-refractivity contribution in [1.82, 2.24) is 5.43 Å². The first kappa shape index (κ1) is 15.4. The van der Waals surface area contributed by atoms with E-state index in [2.05, 4.69) is 37.3 Å². The predicted molar refractivity (Wildman–Crippen MR) is 69.7 cm³/mol. The van der Waals surface area contributed by atoms with Gasteiger partial charge in [0, 0.05) is 12.5 Å². The van der Waals surface area contributed by atoms with E-state index in [1.165, 1.54) is 11.3 Å². The third-order valence-electron chi connectivity index (χ3n) is 2.21. The fraction of sp³-hybridized carbons (Fsp3) is 0.556. The van der Waals surface area contributed by atoms with Gasteiger partial charge in [0.05, 0.1) is 7.57 Å². The van der Waals surface area contributed by atoms with Crippen molar-refractivity contribution in [2.45, 2.75) is 31.5 Å². The molecule has 1 aromatic rings. The highest BCUT2D eigenvalue weighted by atomic mass is 79.9. The Morgan fingerprint density at radius 3 is 2.47 bits per heavy atom. The van der Waals surface area contributed by atoms with Gasteiger partial charge in [-0.3, -0.25) is 11.3 Å². The van der Waals surface area contributed by atoms with Crippen molar-refractivity contribution in [2.24, 2.45) is 5.84 Å². The van der Waals surface area contributed by atoms with Crippen molar-refractivity contribution in [1.29, 1.82) is 0 Å². The number of alkyl halides is 3. The van der Waals surface area contributed by atoms with Crippen LogP contribution in [0.4, 0.5) is 13.2 Å². The molecule has 0 aliphatic rings. The highest BCUT2D eigenvalue weighted by molar-refractivity contribution is 9.12. The van der Waals surface area contributed by atoms with E-state index in [9.17, 15) is 13.2 Å². The van der Waals surface area contributed by atoms with Crippen LogP contribution in [0.15, 0.2) is 13.6 Å². The van der Waals surface area contributed by atoms with E-state index < -0.39 is 12.6 Å². The molecule has 1 rings (SSSR count). The number of nitrogens with one attached hydrogen (secondary N) is 1.